The van der Waals surface area contributed by atoms with Crippen molar-refractivity contribution < 1.29 is 4.42 Å². The minimum Gasteiger partial charge on any atom is -0.422 e. The summed E-state index contributed by atoms with van der Waals surface area (Å²) in [7, 11) is 0. The van der Waals surface area contributed by atoms with Crippen molar-refractivity contribution in [2.45, 2.75) is 63.9 Å². The first kappa shape index (κ1) is 23.6. The van der Waals surface area contributed by atoms with Gasteiger partial charge in [-0.25, -0.2) is 4.79 Å². The minimum atomic E-state index is -0.324. The second-order valence-electron chi connectivity index (χ2n) is 8.29. The molecule has 0 amide bonds. The van der Waals surface area contributed by atoms with Crippen LogP contribution in [0.4, 0.5) is 0 Å². The highest BCUT2D eigenvalue weighted by Crippen LogP contribution is 2.31. The van der Waals surface area contributed by atoms with Gasteiger partial charge in [-0.05, 0) is 61.2 Å². The summed E-state index contributed by atoms with van der Waals surface area (Å²) >= 11 is 7.68. The quantitative estimate of drug-likeness (QED) is 0.144. The number of benzene rings is 2. The number of unbranched alkanes of at least 4 members (excludes halogenated alkanes) is 3. The summed E-state index contributed by atoms with van der Waals surface area (Å²) in [5, 5.41) is 11.5. The van der Waals surface area contributed by atoms with E-state index in [1.165, 1.54) is 19.3 Å². The Balaban J connectivity index is 1.65. The van der Waals surface area contributed by atoms with Crippen molar-refractivity contribution >= 4 is 34.3 Å². The molecule has 0 spiro atoms. The van der Waals surface area contributed by atoms with E-state index >= 15 is 0 Å². The Labute approximate surface area is 203 Å². The SMILES string of the molecule is CCCCCCn1c(SCc2cc(=O)oc3c(C)c(C)ccc23)nnc1-c1ccc(Cl)cc1. The van der Waals surface area contributed by atoms with Gasteiger partial charge in [0.1, 0.15) is 5.58 Å². The zero-order valence-electron chi connectivity index (χ0n) is 19.2. The lowest BCUT2D eigenvalue weighted by molar-refractivity contribution is 0.555. The molecule has 0 atom stereocenters. The average molecular weight is 482 g/mol. The van der Waals surface area contributed by atoms with Gasteiger partial charge in [0, 0.05) is 34.3 Å². The molecule has 172 valence electrons. The molecule has 0 aliphatic rings. The van der Waals surface area contributed by atoms with Crippen molar-refractivity contribution in [2.75, 3.05) is 0 Å². The Morgan fingerprint density at radius 1 is 1.03 bits per heavy atom. The van der Waals surface area contributed by atoms with Gasteiger partial charge in [-0.2, -0.15) is 0 Å². The first-order valence-electron chi connectivity index (χ1n) is 11.3. The molecule has 33 heavy (non-hydrogen) atoms. The number of aromatic nitrogens is 3. The number of hydrogen-bond acceptors (Lipinski definition) is 5. The first-order chi connectivity index (χ1) is 16.0. The van der Waals surface area contributed by atoms with Gasteiger partial charge in [-0.1, -0.05) is 61.7 Å². The number of hydrogen-bond donors (Lipinski definition) is 0. The van der Waals surface area contributed by atoms with E-state index in [0.29, 0.717) is 16.4 Å². The van der Waals surface area contributed by atoms with E-state index in [4.69, 9.17) is 16.0 Å². The fourth-order valence-corrected chi connectivity index (χ4v) is 4.97. The largest absolute Gasteiger partial charge is 0.422 e. The normalized spacial score (nSPS) is 11.4. The summed E-state index contributed by atoms with van der Waals surface area (Å²) in [5.41, 5.74) is 4.39. The van der Waals surface area contributed by atoms with Gasteiger partial charge in [0.05, 0.1) is 0 Å². The number of thioether (sulfide) groups is 1. The highest BCUT2D eigenvalue weighted by molar-refractivity contribution is 7.98. The standard InChI is InChI=1S/C26H28ClN3O2S/c1-4-5-6-7-14-30-25(19-9-11-21(27)12-10-19)28-29-26(30)33-16-20-15-23(31)32-24-18(3)17(2)8-13-22(20)24/h8-13,15H,4-7,14,16H2,1-3H3. The maximum atomic E-state index is 12.2. The molecule has 2 aromatic carbocycles. The summed E-state index contributed by atoms with van der Waals surface area (Å²) in [6, 6.07) is 13.4. The van der Waals surface area contributed by atoms with Gasteiger partial charge in [-0.15, -0.1) is 10.2 Å². The zero-order chi connectivity index (χ0) is 23.4. The van der Waals surface area contributed by atoms with E-state index in [0.717, 1.165) is 51.6 Å². The lowest BCUT2D eigenvalue weighted by atomic mass is 10.0. The molecule has 4 rings (SSSR count). The van der Waals surface area contributed by atoms with Crippen LogP contribution in [-0.4, -0.2) is 14.8 Å². The van der Waals surface area contributed by atoms with Crippen LogP contribution in [0.25, 0.3) is 22.4 Å². The van der Waals surface area contributed by atoms with Crippen LogP contribution in [0.15, 0.2) is 56.8 Å². The molecular weight excluding hydrogens is 454 g/mol. The Morgan fingerprint density at radius 3 is 2.58 bits per heavy atom. The molecule has 2 aromatic heterocycles. The topological polar surface area (TPSA) is 60.9 Å². The first-order valence-corrected chi connectivity index (χ1v) is 12.7. The molecule has 0 fully saturated rings. The Hall–Kier alpha value is -2.57. The molecule has 0 saturated carbocycles. The zero-order valence-corrected chi connectivity index (χ0v) is 20.8. The molecule has 5 nitrogen and oxygen atoms in total. The van der Waals surface area contributed by atoms with Crippen molar-refractivity contribution in [1.29, 1.82) is 0 Å². The molecule has 0 saturated heterocycles. The third-order valence-electron chi connectivity index (χ3n) is 5.93. The average Bonchev–Trinajstić information content (AvgIpc) is 3.21. The molecular formula is C26H28ClN3O2S. The third-order valence-corrected chi connectivity index (χ3v) is 7.20. The van der Waals surface area contributed by atoms with Crippen LogP contribution < -0.4 is 5.63 Å². The van der Waals surface area contributed by atoms with Crippen LogP contribution in [0.3, 0.4) is 0 Å². The van der Waals surface area contributed by atoms with Gasteiger partial charge in [0.25, 0.3) is 0 Å². The lowest BCUT2D eigenvalue weighted by Crippen LogP contribution is -2.04. The van der Waals surface area contributed by atoms with E-state index in [9.17, 15) is 4.79 Å². The van der Waals surface area contributed by atoms with Crippen LogP contribution in [0.5, 0.6) is 0 Å². The van der Waals surface area contributed by atoms with E-state index in [2.05, 4.69) is 27.8 Å². The molecule has 2 heterocycles. The van der Waals surface area contributed by atoms with E-state index < -0.39 is 0 Å². The van der Waals surface area contributed by atoms with Crippen molar-refractivity contribution in [1.82, 2.24) is 14.8 Å². The van der Waals surface area contributed by atoms with Crippen molar-refractivity contribution in [3.8, 4) is 11.4 Å². The second-order valence-corrected chi connectivity index (χ2v) is 9.67. The van der Waals surface area contributed by atoms with Gasteiger partial charge in [-0.3, -0.25) is 0 Å². The summed E-state index contributed by atoms with van der Waals surface area (Å²) in [6.07, 6.45) is 4.64. The van der Waals surface area contributed by atoms with Gasteiger partial charge in [0.15, 0.2) is 11.0 Å². The summed E-state index contributed by atoms with van der Waals surface area (Å²) in [4.78, 5) is 12.2. The summed E-state index contributed by atoms with van der Waals surface area (Å²) in [5.74, 6) is 1.45. The molecule has 4 aromatic rings. The molecule has 0 radical (unpaired) electrons. The molecule has 0 N–H and O–H groups in total. The third kappa shape index (κ3) is 5.33. The molecule has 0 bridgehead atoms. The lowest BCUT2D eigenvalue weighted by Gasteiger charge is -2.11. The number of fused-ring (bicyclic) bond motifs is 1. The predicted octanol–water partition coefficient (Wildman–Crippen LogP) is 7.19. The van der Waals surface area contributed by atoms with E-state index in [-0.39, 0.29) is 5.63 Å². The molecule has 0 unspecified atom stereocenters. The van der Waals surface area contributed by atoms with Crippen LogP contribution in [0.2, 0.25) is 5.02 Å². The van der Waals surface area contributed by atoms with Crippen molar-refractivity contribution in [3.05, 3.63) is 74.6 Å². The van der Waals surface area contributed by atoms with Crippen LogP contribution in [0, 0.1) is 13.8 Å². The smallest absolute Gasteiger partial charge is 0.336 e. The minimum absolute atomic E-state index is 0.324. The number of aryl methyl sites for hydroxylation is 2. The fourth-order valence-electron chi connectivity index (χ4n) is 3.89. The maximum Gasteiger partial charge on any atom is 0.336 e. The Bertz CT molecular complexity index is 1310. The molecule has 0 aliphatic carbocycles. The Morgan fingerprint density at radius 2 is 1.82 bits per heavy atom. The molecule has 7 heteroatoms. The van der Waals surface area contributed by atoms with E-state index in [1.807, 2.05) is 44.2 Å². The van der Waals surface area contributed by atoms with Crippen LogP contribution in [0.1, 0.15) is 49.3 Å². The number of halogens is 1. The van der Waals surface area contributed by atoms with Gasteiger partial charge < -0.3 is 8.98 Å². The number of rotatable bonds is 9. The number of nitrogens with zero attached hydrogens (tertiary/aromatic N) is 3. The second kappa shape index (κ2) is 10.6. The predicted molar refractivity (Wildman–Crippen MR) is 136 cm³/mol. The van der Waals surface area contributed by atoms with Gasteiger partial charge >= 0.3 is 5.63 Å². The Kier molecular flexibility index (Phi) is 7.56. The highest BCUT2D eigenvalue weighted by Gasteiger charge is 2.16. The van der Waals surface area contributed by atoms with E-state index in [1.54, 1.807) is 17.8 Å². The highest BCUT2D eigenvalue weighted by atomic mass is 35.5. The van der Waals surface area contributed by atoms with Crippen LogP contribution in [-0.2, 0) is 12.3 Å². The monoisotopic (exact) mass is 481 g/mol. The molecule has 0 aliphatic heterocycles. The van der Waals surface area contributed by atoms with Crippen molar-refractivity contribution in [2.24, 2.45) is 0 Å². The summed E-state index contributed by atoms with van der Waals surface area (Å²) < 4.78 is 7.72. The maximum absolute atomic E-state index is 12.2. The summed E-state index contributed by atoms with van der Waals surface area (Å²) in [6.45, 7) is 7.07. The van der Waals surface area contributed by atoms with Crippen LogP contribution >= 0.6 is 23.4 Å². The van der Waals surface area contributed by atoms with Gasteiger partial charge in [0.2, 0.25) is 0 Å². The van der Waals surface area contributed by atoms with Crippen molar-refractivity contribution in [3.63, 3.8) is 0 Å². The fraction of sp³-hybridized carbons (Fsp3) is 0.346.